The highest BCUT2D eigenvalue weighted by molar-refractivity contribution is 7.18. The van der Waals surface area contributed by atoms with Gasteiger partial charge >= 0.3 is 0 Å². The molecule has 112 valence electrons. The van der Waals surface area contributed by atoms with Crippen LogP contribution in [0.1, 0.15) is 11.4 Å². The Morgan fingerprint density at radius 1 is 1.18 bits per heavy atom. The van der Waals surface area contributed by atoms with Crippen LogP contribution in [0, 0.1) is 19.7 Å². The molecule has 5 nitrogen and oxygen atoms in total. The van der Waals surface area contributed by atoms with E-state index in [1.54, 1.807) is 6.20 Å². The van der Waals surface area contributed by atoms with Crippen molar-refractivity contribution >= 4 is 16.5 Å². The number of aryl methyl sites for hydroxylation is 2. The van der Waals surface area contributed by atoms with Crippen LogP contribution in [0.3, 0.4) is 0 Å². The van der Waals surface area contributed by atoms with Gasteiger partial charge in [0.1, 0.15) is 0 Å². The number of aromatic hydroxyl groups is 1. The van der Waals surface area contributed by atoms with Crippen LogP contribution < -0.4 is 5.73 Å². The molecule has 3 rings (SSSR count). The summed E-state index contributed by atoms with van der Waals surface area (Å²) in [4.78, 5) is 13.9. The van der Waals surface area contributed by atoms with Crippen molar-refractivity contribution in [1.29, 1.82) is 0 Å². The Hall–Kier alpha value is -2.54. The molecule has 0 aliphatic rings. The lowest BCUT2D eigenvalue weighted by atomic mass is 10.1. The second kappa shape index (κ2) is 5.34. The maximum absolute atomic E-state index is 13.1. The fourth-order valence-corrected chi connectivity index (χ4v) is 3.04. The van der Waals surface area contributed by atoms with E-state index in [4.69, 9.17) is 5.73 Å². The van der Waals surface area contributed by atoms with Crippen molar-refractivity contribution in [2.45, 2.75) is 13.8 Å². The van der Waals surface area contributed by atoms with Crippen LogP contribution in [0.2, 0.25) is 0 Å². The summed E-state index contributed by atoms with van der Waals surface area (Å²) in [5.74, 6) is -0.673. The van der Waals surface area contributed by atoms with E-state index < -0.39 is 11.6 Å². The van der Waals surface area contributed by atoms with Gasteiger partial charge in [0.05, 0.1) is 16.3 Å². The SMILES string of the molecule is Cc1nc(-c2ccc(F)c(O)c2)ncc1-c1sc(N)nc1C. The van der Waals surface area contributed by atoms with E-state index in [-0.39, 0.29) is 0 Å². The number of hydrogen-bond acceptors (Lipinski definition) is 6. The average molecular weight is 316 g/mol. The van der Waals surface area contributed by atoms with Crippen LogP contribution >= 0.6 is 11.3 Å². The summed E-state index contributed by atoms with van der Waals surface area (Å²) >= 11 is 1.38. The predicted octanol–water partition coefficient (Wildman–Crippen LogP) is 3.31. The van der Waals surface area contributed by atoms with Crippen molar-refractivity contribution in [2.75, 3.05) is 5.73 Å². The van der Waals surface area contributed by atoms with E-state index in [2.05, 4.69) is 15.0 Å². The van der Waals surface area contributed by atoms with Crippen molar-refractivity contribution in [3.8, 4) is 27.6 Å². The van der Waals surface area contributed by atoms with Crippen molar-refractivity contribution in [3.05, 3.63) is 41.6 Å². The summed E-state index contributed by atoms with van der Waals surface area (Å²) in [5.41, 5.74) is 8.73. The number of nitrogen functional groups attached to an aromatic ring is 1. The zero-order valence-corrected chi connectivity index (χ0v) is 12.8. The highest BCUT2D eigenvalue weighted by atomic mass is 32.1. The molecule has 0 spiro atoms. The van der Waals surface area contributed by atoms with Crippen molar-refractivity contribution in [3.63, 3.8) is 0 Å². The summed E-state index contributed by atoms with van der Waals surface area (Å²) in [6, 6.07) is 4.02. The molecule has 0 aliphatic carbocycles. The molecule has 3 N–H and O–H groups in total. The van der Waals surface area contributed by atoms with E-state index in [0.29, 0.717) is 16.5 Å². The molecule has 22 heavy (non-hydrogen) atoms. The van der Waals surface area contributed by atoms with Crippen LogP contribution in [0.5, 0.6) is 5.75 Å². The summed E-state index contributed by atoms with van der Waals surface area (Å²) < 4.78 is 13.1. The van der Waals surface area contributed by atoms with E-state index in [0.717, 1.165) is 21.8 Å². The molecule has 3 aromatic rings. The predicted molar refractivity (Wildman–Crippen MR) is 84.1 cm³/mol. The topological polar surface area (TPSA) is 84.9 Å². The molecule has 1 aromatic carbocycles. The van der Waals surface area contributed by atoms with Crippen molar-refractivity contribution < 1.29 is 9.50 Å². The molecule has 7 heteroatoms. The fraction of sp³-hybridized carbons (Fsp3) is 0.133. The second-order valence-corrected chi connectivity index (χ2v) is 5.86. The third-order valence-electron chi connectivity index (χ3n) is 3.24. The zero-order valence-electron chi connectivity index (χ0n) is 12.0. The molecular weight excluding hydrogens is 303 g/mol. The summed E-state index contributed by atoms with van der Waals surface area (Å²) in [6.45, 7) is 3.74. The number of halogens is 1. The quantitative estimate of drug-likeness (QED) is 0.757. The number of rotatable bonds is 2. The Kier molecular flexibility index (Phi) is 3.50. The van der Waals surface area contributed by atoms with Gasteiger partial charge in [-0.2, -0.15) is 0 Å². The number of phenolic OH excluding ortho intramolecular Hbond substituents is 1. The lowest BCUT2D eigenvalue weighted by molar-refractivity contribution is 0.432. The molecule has 0 saturated carbocycles. The highest BCUT2D eigenvalue weighted by Gasteiger charge is 2.14. The van der Waals surface area contributed by atoms with Crippen molar-refractivity contribution in [2.24, 2.45) is 0 Å². The Labute approximate surface area is 130 Å². The molecular formula is C15H13FN4OS. The van der Waals surface area contributed by atoms with E-state index >= 15 is 0 Å². The van der Waals surface area contributed by atoms with E-state index in [9.17, 15) is 9.50 Å². The lowest BCUT2D eigenvalue weighted by Gasteiger charge is -2.07. The zero-order chi connectivity index (χ0) is 15.9. The first kappa shape index (κ1) is 14.4. The number of nitrogens with two attached hydrogens (primary N) is 1. The summed E-state index contributed by atoms with van der Waals surface area (Å²) in [5, 5.41) is 9.95. The number of hydrogen-bond donors (Lipinski definition) is 2. The maximum Gasteiger partial charge on any atom is 0.180 e. The van der Waals surface area contributed by atoms with Crippen molar-refractivity contribution in [1.82, 2.24) is 15.0 Å². The fourth-order valence-electron chi connectivity index (χ4n) is 2.15. The number of nitrogens with zero attached hydrogens (tertiary/aromatic N) is 3. The first-order valence-corrected chi connectivity index (χ1v) is 7.33. The van der Waals surface area contributed by atoms with Gasteiger partial charge in [0, 0.05) is 17.3 Å². The van der Waals surface area contributed by atoms with E-state index in [1.807, 2.05) is 13.8 Å². The second-order valence-electron chi connectivity index (χ2n) is 4.83. The molecule has 0 fully saturated rings. The van der Waals surface area contributed by atoms with Gasteiger partial charge in [0.25, 0.3) is 0 Å². The summed E-state index contributed by atoms with van der Waals surface area (Å²) in [6.07, 6.45) is 1.69. The Morgan fingerprint density at radius 2 is 1.95 bits per heavy atom. The molecule has 2 aromatic heterocycles. The van der Waals surface area contributed by atoms with Gasteiger partial charge in [0.15, 0.2) is 22.5 Å². The van der Waals surface area contributed by atoms with Crippen LogP contribution in [0.15, 0.2) is 24.4 Å². The molecule has 0 bridgehead atoms. The molecule has 0 amide bonds. The monoisotopic (exact) mass is 316 g/mol. The molecule has 0 aliphatic heterocycles. The Bertz CT molecular complexity index is 863. The average Bonchev–Trinajstić information content (AvgIpc) is 2.80. The lowest BCUT2D eigenvalue weighted by Crippen LogP contribution is -1.95. The minimum atomic E-state index is -0.673. The van der Waals surface area contributed by atoms with Crippen LogP contribution in [0.25, 0.3) is 21.8 Å². The number of phenols is 1. The molecule has 2 heterocycles. The van der Waals surface area contributed by atoms with Gasteiger partial charge in [-0.1, -0.05) is 11.3 Å². The van der Waals surface area contributed by atoms with Gasteiger partial charge in [0.2, 0.25) is 0 Å². The third-order valence-corrected chi connectivity index (χ3v) is 4.26. The maximum atomic E-state index is 13.1. The van der Waals surface area contributed by atoms with Gasteiger partial charge in [-0.25, -0.2) is 19.3 Å². The normalized spacial score (nSPS) is 10.9. The van der Waals surface area contributed by atoms with Gasteiger partial charge in [-0.3, -0.25) is 0 Å². The summed E-state index contributed by atoms with van der Waals surface area (Å²) in [7, 11) is 0. The molecule has 0 atom stereocenters. The first-order valence-electron chi connectivity index (χ1n) is 6.51. The number of benzene rings is 1. The molecule has 0 unspecified atom stereocenters. The molecule has 0 saturated heterocycles. The standard InChI is InChI=1S/C15H13FN4OS/c1-7-10(13-8(2)20-15(17)22-13)6-18-14(19-7)9-3-4-11(16)12(21)5-9/h3-6,21H,1-2H3,(H2,17,20). The third kappa shape index (κ3) is 2.50. The largest absolute Gasteiger partial charge is 0.505 e. The number of thiazole rings is 1. The Balaban J connectivity index is 2.05. The Morgan fingerprint density at radius 3 is 2.55 bits per heavy atom. The van der Waals surface area contributed by atoms with E-state index in [1.165, 1.54) is 29.5 Å². The van der Waals surface area contributed by atoms with Gasteiger partial charge in [-0.05, 0) is 32.0 Å². The molecule has 0 radical (unpaired) electrons. The number of anilines is 1. The first-order chi connectivity index (χ1) is 10.5. The smallest absolute Gasteiger partial charge is 0.180 e. The van der Waals surface area contributed by atoms with Gasteiger partial charge in [-0.15, -0.1) is 0 Å². The van der Waals surface area contributed by atoms with Crippen LogP contribution in [-0.2, 0) is 0 Å². The minimum Gasteiger partial charge on any atom is -0.505 e. The highest BCUT2D eigenvalue weighted by Crippen LogP contribution is 2.33. The minimum absolute atomic E-state index is 0.422. The van der Waals surface area contributed by atoms with Crippen LogP contribution in [-0.4, -0.2) is 20.1 Å². The number of aromatic nitrogens is 3. The van der Waals surface area contributed by atoms with Gasteiger partial charge < -0.3 is 10.8 Å². The van der Waals surface area contributed by atoms with Crippen LogP contribution in [0.4, 0.5) is 9.52 Å².